The highest BCUT2D eigenvalue weighted by atomic mass is 19.1. The van der Waals surface area contributed by atoms with E-state index in [0.29, 0.717) is 0 Å². The second-order valence-electron chi connectivity index (χ2n) is 4.64. The Balaban J connectivity index is 2.60. The zero-order valence-electron chi connectivity index (χ0n) is 11.3. The van der Waals surface area contributed by atoms with Crippen molar-refractivity contribution >= 4 is 11.7 Å². The molecule has 0 bridgehead atoms. The Labute approximate surface area is 112 Å². The van der Waals surface area contributed by atoms with Gasteiger partial charge in [0.2, 0.25) is 0 Å². The molecule has 19 heavy (non-hydrogen) atoms. The van der Waals surface area contributed by atoms with E-state index in [-0.39, 0.29) is 11.3 Å². The van der Waals surface area contributed by atoms with Crippen LogP contribution in [0.3, 0.4) is 0 Å². The normalized spacial score (nSPS) is 23.8. The molecule has 0 aromatic rings. The van der Waals surface area contributed by atoms with Crippen LogP contribution in [0.4, 0.5) is 4.39 Å². The third kappa shape index (κ3) is 3.91. The van der Waals surface area contributed by atoms with Gasteiger partial charge in [0.15, 0.2) is 5.78 Å². The summed E-state index contributed by atoms with van der Waals surface area (Å²) in [5.74, 6) is -1.77. The van der Waals surface area contributed by atoms with Gasteiger partial charge in [-0.3, -0.25) is 9.59 Å². The maximum Gasteiger partial charge on any atom is 0.259 e. The lowest BCUT2D eigenvalue weighted by molar-refractivity contribution is -0.117. The molecule has 5 heteroatoms. The highest BCUT2D eigenvalue weighted by molar-refractivity contribution is 6.27. The summed E-state index contributed by atoms with van der Waals surface area (Å²) in [7, 11) is 0. The molecule has 2 N–H and O–H groups in total. The van der Waals surface area contributed by atoms with Crippen molar-refractivity contribution in [3.63, 3.8) is 0 Å². The Morgan fingerprint density at radius 1 is 1.47 bits per heavy atom. The third-order valence-electron chi connectivity index (χ3n) is 3.02. The SMILES string of the molecule is CCCCC/C=C/C(F)C1NC(=O)/C(=C(\C)O)C1=O. The number of halogens is 1. The molecular weight excluding hydrogens is 249 g/mol. The first-order valence-electron chi connectivity index (χ1n) is 6.54. The van der Waals surface area contributed by atoms with Crippen molar-refractivity contribution in [1.82, 2.24) is 5.32 Å². The fourth-order valence-corrected chi connectivity index (χ4v) is 1.96. The average molecular weight is 269 g/mol. The molecule has 106 valence electrons. The highest BCUT2D eigenvalue weighted by Crippen LogP contribution is 2.18. The zero-order valence-corrected chi connectivity index (χ0v) is 11.3. The number of amides is 1. The topological polar surface area (TPSA) is 66.4 Å². The summed E-state index contributed by atoms with van der Waals surface area (Å²) in [6, 6.07) is -1.22. The van der Waals surface area contributed by atoms with E-state index in [1.165, 1.54) is 13.0 Å². The molecule has 0 aromatic carbocycles. The molecule has 1 amide bonds. The smallest absolute Gasteiger partial charge is 0.259 e. The molecule has 1 fully saturated rings. The molecule has 2 unspecified atom stereocenters. The Morgan fingerprint density at radius 3 is 2.68 bits per heavy atom. The minimum absolute atomic E-state index is 0.341. The summed E-state index contributed by atoms with van der Waals surface area (Å²) < 4.78 is 13.9. The third-order valence-corrected chi connectivity index (χ3v) is 3.02. The number of carbonyl (C=O) groups excluding carboxylic acids is 2. The van der Waals surface area contributed by atoms with E-state index in [1.54, 1.807) is 6.08 Å². The van der Waals surface area contributed by atoms with Crippen LogP contribution in [-0.4, -0.2) is 29.0 Å². The van der Waals surface area contributed by atoms with E-state index in [1.807, 2.05) is 0 Å². The summed E-state index contributed by atoms with van der Waals surface area (Å²) in [5, 5.41) is 11.5. The van der Waals surface area contributed by atoms with Crippen LogP contribution in [0.5, 0.6) is 0 Å². The lowest BCUT2D eigenvalue weighted by Crippen LogP contribution is -2.37. The number of alkyl halides is 1. The van der Waals surface area contributed by atoms with Gasteiger partial charge in [-0.1, -0.05) is 31.9 Å². The maximum atomic E-state index is 13.9. The standard InChI is InChI=1S/C14H20FNO3/c1-3-4-5-6-7-8-10(15)12-13(18)11(9(2)17)14(19)16-12/h7-8,10,12,17H,3-6H2,1-2H3,(H,16,19)/b8-7+,11-9+. The van der Waals surface area contributed by atoms with Gasteiger partial charge in [0.05, 0.1) is 0 Å². The first-order chi connectivity index (χ1) is 8.99. The van der Waals surface area contributed by atoms with Crippen LogP contribution in [0.2, 0.25) is 0 Å². The molecule has 0 aliphatic carbocycles. The molecule has 2 atom stereocenters. The van der Waals surface area contributed by atoms with E-state index in [9.17, 15) is 19.1 Å². The monoisotopic (exact) mass is 269 g/mol. The zero-order chi connectivity index (χ0) is 14.4. The van der Waals surface area contributed by atoms with Crippen molar-refractivity contribution in [2.45, 2.75) is 51.7 Å². The van der Waals surface area contributed by atoms with Gasteiger partial charge in [-0.05, 0) is 19.8 Å². The van der Waals surface area contributed by atoms with Crippen LogP contribution in [0.15, 0.2) is 23.5 Å². The van der Waals surface area contributed by atoms with Crippen LogP contribution >= 0.6 is 0 Å². The van der Waals surface area contributed by atoms with Crippen molar-refractivity contribution in [2.24, 2.45) is 0 Å². The number of hydrogen-bond donors (Lipinski definition) is 2. The Morgan fingerprint density at radius 2 is 2.16 bits per heavy atom. The van der Waals surface area contributed by atoms with E-state index in [4.69, 9.17) is 0 Å². The van der Waals surface area contributed by atoms with Crippen molar-refractivity contribution in [1.29, 1.82) is 0 Å². The predicted octanol–water partition coefficient (Wildman–Crippen LogP) is 2.36. The maximum absolute atomic E-state index is 13.9. The Hall–Kier alpha value is -1.65. The van der Waals surface area contributed by atoms with Gasteiger partial charge in [0.25, 0.3) is 5.91 Å². The quantitative estimate of drug-likeness (QED) is 0.256. The van der Waals surface area contributed by atoms with Gasteiger partial charge in [-0.25, -0.2) is 4.39 Å². The van der Waals surface area contributed by atoms with Crippen LogP contribution in [0.1, 0.15) is 39.5 Å². The lowest BCUT2D eigenvalue weighted by atomic mass is 10.0. The molecule has 1 rings (SSSR count). The fraction of sp³-hybridized carbons (Fsp3) is 0.571. The van der Waals surface area contributed by atoms with Crippen LogP contribution in [-0.2, 0) is 9.59 Å². The molecule has 1 aliphatic heterocycles. The number of rotatable bonds is 6. The largest absolute Gasteiger partial charge is 0.512 e. The highest BCUT2D eigenvalue weighted by Gasteiger charge is 2.41. The molecule has 1 saturated heterocycles. The number of aliphatic hydroxyl groups excluding tert-OH is 1. The molecule has 0 radical (unpaired) electrons. The molecule has 1 heterocycles. The number of nitrogens with one attached hydrogen (secondary N) is 1. The van der Waals surface area contributed by atoms with Gasteiger partial charge in [-0.2, -0.15) is 0 Å². The summed E-state index contributed by atoms with van der Waals surface area (Å²) in [6.07, 6.45) is 5.33. The van der Waals surface area contributed by atoms with Gasteiger partial charge >= 0.3 is 0 Å². The average Bonchev–Trinajstić information content (AvgIpc) is 2.64. The number of allylic oxidation sites excluding steroid dienone is 2. The molecule has 4 nitrogen and oxygen atoms in total. The first-order valence-corrected chi connectivity index (χ1v) is 6.54. The number of Topliss-reactive ketones (excluding diaryl/α,β-unsaturated/α-hetero) is 1. The van der Waals surface area contributed by atoms with Crippen molar-refractivity contribution in [3.05, 3.63) is 23.5 Å². The minimum atomic E-state index is -1.56. The van der Waals surface area contributed by atoms with Gasteiger partial charge in [0.1, 0.15) is 23.5 Å². The minimum Gasteiger partial charge on any atom is -0.512 e. The predicted molar refractivity (Wildman–Crippen MR) is 70.4 cm³/mol. The summed E-state index contributed by atoms with van der Waals surface area (Å²) in [5.41, 5.74) is -0.341. The first kappa shape index (κ1) is 15.4. The summed E-state index contributed by atoms with van der Waals surface area (Å²) in [4.78, 5) is 23.2. The van der Waals surface area contributed by atoms with E-state index in [0.717, 1.165) is 25.7 Å². The van der Waals surface area contributed by atoms with Crippen molar-refractivity contribution in [3.8, 4) is 0 Å². The fourth-order valence-electron chi connectivity index (χ4n) is 1.96. The number of hydrogen-bond acceptors (Lipinski definition) is 3. The Kier molecular flexibility index (Phi) is 5.73. The summed E-state index contributed by atoms with van der Waals surface area (Å²) >= 11 is 0. The van der Waals surface area contributed by atoms with Gasteiger partial charge in [0, 0.05) is 0 Å². The van der Waals surface area contributed by atoms with E-state index >= 15 is 0 Å². The van der Waals surface area contributed by atoms with Crippen LogP contribution < -0.4 is 5.32 Å². The number of ketones is 1. The van der Waals surface area contributed by atoms with Crippen molar-refractivity contribution < 1.29 is 19.1 Å². The number of aliphatic hydroxyl groups is 1. The lowest BCUT2D eigenvalue weighted by Gasteiger charge is -2.09. The van der Waals surface area contributed by atoms with Crippen LogP contribution in [0, 0.1) is 0 Å². The molecular formula is C14H20FNO3. The van der Waals surface area contributed by atoms with E-state index in [2.05, 4.69) is 12.2 Å². The molecule has 0 aromatic heterocycles. The van der Waals surface area contributed by atoms with Gasteiger partial charge in [-0.15, -0.1) is 0 Å². The second-order valence-corrected chi connectivity index (χ2v) is 4.64. The second kappa shape index (κ2) is 7.07. The van der Waals surface area contributed by atoms with Gasteiger partial charge < -0.3 is 10.4 Å². The molecule has 1 aliphatic rings. The van der Waals surface area contributed by atoms with E-state index < -0.39 is 23.9 Å². The molecule has 0 spiro atoms. The van der Waals surface area contributed by atoms with Crippen molar-refractivity contribution in [2.75, 3.05) is 0 Å². The summed E-state index contributed by atoms with van der Waals surface area (Å²) in [6.45, 7) is 3.32. The van der Waals surface area contributed by atoms with Crippen LogP contribution in [0.25, 0.3) is 0 Å². The number of carbonyl (C=O) groups is 2. The number of unbranched alkanes of at least 4 members (excludes halogenated alkanes) is 3. The Bertz CT molecular complexity index is 411. The molecule has 0 saturated carbocycles.